The summed E-state index contributed by atoms with van der Waals surface area (Å²) >= 11 is 0. The molecule has 0 aromatic heterocycles. The summed E-state index contributed by atoms with van der Waals surface area (Å²) in [6.45, 7) is 13.4. The summed E-state index contributed by atoms with van der Waals surface area (Å²) < 4.78 is 4.83. The van der Waals surface area contributed by atoms with Crippen LogP contribution in [0.15, 0.2) is 0 Å². The van der Waals surface area contributed by atoms with Gasteiger partial charge in [0.05, 0.1) is 0 Å². The summed E-state index contributed by atoms with van der Waals surface area (Å²) in [7, 11) is 1.86. The molecule has 0 aromatic carbocycles. The van der Waals surface area contributed by atoms with E-state index in [1.54, 1.807) is 0 Å². The molecule has 2 radical (unpaired) electrons. The van der Waals surface area contributed by atoms with E-state index in [0.29, 0.717) is 0 Å². The van der Waals surface area contributed by atoms with Crippen molar-refractivity contribution < 1.29 is 23.6 Å². The van der Waals surface area contributed by atoms with Crippen LogP contribution in [-0.4, -0.2) is 28.6 Å². The molecule has 1 atom stereocenters. The van der Waals surface area contributed by atoms with Crippen molar-refractivity contribution in [3.63, 3.8) is 0 Å². The Kier molecular flexibility index (Phi) is 11.0. The van der Waals surface area contributed by atoms with Gasteiger partial charge in [0.1, 0.15) is 0 Å². The van der Waals surface area contributed by atoms with Crippen LogP contribution in [0.25, 0.3) is 0 Å². The third kappa shape index (κ3) is 7.21. The van der Waals surface area contributed by atoms with E-state index in [4.69, 9.17) is 4.74 Å². The summed E-state index contributed by atoms with van der Waals surface area (Å²) in [6.07, 6.45) is 9.07. The largest absolute Gasteiger partial charge is 1.00 e. The van der Waals surface area contributed by atoms with Gasteiger partial charge in [-0.3, -0.25) is 0 Å². The summed E-state index contributed by atoms with van der Waals surface area (Å²) in [5.74, 6) is 2.05. The Labute approximate surface area is 141 Å². The number of hydrogen-bond acceptors (Lipinski definition) is 1. The van der Waals surface area contributed by atoms with Crippen LogP contribution in [-0.2, 0) is 4.74 Å². The SMILES string of the molecule is CCOCC.C[Si](C)(C)[C@@H]1[B-]C2CCCC1CCC2.[Li+]. The minimum atomic E-state index is -0.930. The van der Waals surface area contributed by atoms with Gasteiger partial charge in [-0.2, -0.15) is 0 Å². The topological polar surface area (TPSA) is 9.23 Å². The second kappa shape index (κ2) is 10.5. The quantitative estimate of drug-likeness (QED) is 0.723. The predicted octanol–water partition coefficient (Wildman–Crippen LogP) is 2.18. The van der Waals surface area contributed by atoms with E-state index in [1.165, 1.54) is 38.5 Å². The molecule has 0 aliphatic carbocycles. The molecule has 0 unspecified atom stereocenters. The number of hydrogen-bond donors (Lipinski definition) is 0. The molecule has 0 saturated carbocycles. The molecule has 2 saturated heterocycles. The van der Waals surface area contributed by atoms with Crippen molar-refractivity contribution in [2.75, 3.05) is 13.2 Å². The molecule has 4 heteroatoms. The molecule has 0 N–H and O–H groups in total. The van der Waals surface area contributed by atoms with Crippen LogP contribution in [0.1, 0.15) is 52.4 Å². The monoisotopic (exact) mass is 288 g/mol. The number of rotatable bonds is 3. The van der Waals surface area contributed by atoms with Gasteiger partial charge in [-0.05, 0) is 13.8 Å². The summed E-state index contributed by atoms with van der Waals surface area (Å²) in [5, 5.41) is 0. The van der Waals surface area contributed by atoms with Gasteiger partial charge in [0.25, 0.3) is 0 Å². The minimum absolute atomic E-state index is 0. The average Bonchev–Trinajstić information content (AvgIpc) is 2.61. The molecule has 2 heterocycles. The second-order valence-electron chi connectivity index (χ2n) is 7.25. The molecule has 0 spiro atoms. The minimum Gasteiger partial charge on any atom is -0.382 e. The normalized spacial score (nSPS) is 29.6. The Bertz CT molecular complexity index is 233. The van der Waals surface area contributed by atoms with E-state index in [2.05, 4.69) is 26.9 Å². The predicted molar refractivity (Wildman–Crippen MR) is 90.0 cm³/mol. The molecule has 2 fully saturated rings. The van der Waals surface area contributed by atoms with Gasteiger partial charge >= 0.3 is 18.9 Å². The zero-order valence-corrected chi connectivity index (χ0v) is 15.9. The van der Waals surface area contributed by atoms with Crippen molar-refractivity contribution in [1.82, 2.24) is 0 Å². The van der Waals surface area contributed by atoms with Crippen LogP contribution in [0.2, 0.25) is 30.9 Å². The first kappa shape index (κ1) is 20.8. The van der Waals surface area contributed by atoms with Crippen LogP contribution in [0, 0.1) is 5.92 Å². The Balaban J connectivity index is 0.000000526. The molecule has 1 nitrogen and oxygen atoms in total. The van der Waals surface area contributed by atoms with Crippen molar-refractivity contribution in [2.24, 2.45) is 5.92 Å². The van der Waals surface area contributed by atoms with Crippen LogP contribution in [0.4, 0.5) is 0 Å². The molecule has 2 bridgehead atoms. The first-order valence-corrected chi connectivity index (χ1v) is 12.0. The maximum Gasteiger partial charge on any atom is 1.00 e. The van der Waals surface area contributed by atoms with Crippen LogP contribution < -0.4 is 18.9 Å². The average molecular weight is 288 g/mol. The third-order valence-corrected chi connectivity index (χ3v) is 7.36. The van der Waals surface area contributed by atoms with Gasteiger partial charge in [-0.15, -0.1) is 0 Å². The maximum atomic E-state index is 4.83. The standard InChI is InChI=1S/C12H24BSi.C4H10O.Li/c1-14(2,3)12-10-6-4-8-11(13-12)9-5-7-10;1-3-5-4-2;/h10-12H,4-9H2,1-3H3;3-4H2,1-2H3;/q-1;;+1/t10?,11?,12-;;/m0../s1. The van der Waals surface area contributed by atoms with Crippen LogP contribution in [0.3, 0.4) is 0 Å². The zero-order valence-electron chi connectivity index (χ0n) is 14.9. The van der Waals surface area contributed by atoms with Crippen molar-refractivity contribution >= 4 is 15.4 Å². The maximum absolute atomic E-state index is 4.83. The molecule has 2 rings (SSSR count). The molecule has 0 amide bonds. The Morgan fingerprint density at radius 3 is 1.80 bits per heavy atom. The Morgan fingerprint density at radius 2 is 1.45 bits per heavy atom. The van der Waals surface area contributed by atoms with E-state index in [0.717, 1.165) is 30.4 Å². The van der Waals surface area contributed by atoms with E-state index in [-0.39, 0.29) is 18.9 Å². The van der Waals surface area contributed by atoms with Gasteiger partial charge in [-0.25, -0.2) is 11.3 Å². The summed E-state index contributed by atoms with van der Waals surface area (Å²) in [6, 6.07) is 0. The Morgan fingerprint density at radius 1 is 0.950 bits per heavy atom. The molecular formula is C16H34BLiOSi. The molecule has 20 heavy (non-hydrogen) atoms. The van der Waals surface area contributed by atoms with E-state index >= 15 is 0 Å². The molecule has 2 aliphatic heterocycles. The smallest absolute Gasteiger partial charge is 0.382 e. The fourth-order valence-electron chi connectivity index (χ4n) is 3.77. The van der Waals surface area contributed by atoms with Gasteiger partial charge in [0.15, 0.2) is 0 Å². The zero-order chi connectivity index (χ0) is 14.3. The van der Waals surface area contributed by atoms with E-state index < -0.39 is 8.07 Å². The molecule has 0 aromatic rings. The first-order chi connectivity index (χ1) is 8.99. The van der Waals surface area contributed by atoms with Crippen molar-refractivity contribution in [3.8, 4) is 0 Å². The van der Waals surface area contributed by atoms with E-state index in [9.17, 15) is 0 Å². The van der Waals surface area contributed by atoms with E-state index in [1.807, 2.05) is 13.8 Å². The Hall–Kier alpha value is 0.839. The molecular weight excluding hydrogens is 254 g/mol. The van der Waals surface area contributed by atoms with Crippen molar-refractivity contribution in [2.45, 2.75) is 83.3 Å². The van der Waals surface area contributed by atoms with Gasteiger partial charge in [0.2, 0.25) is 0 Å². The summed E-state index contributed by atoms with van der Waals surface area (Å²) in [5.41, 5.74) is 1.03. The third-order valence-electron chi connectivity index (χ3n) is 4.70. The number of fused-ring (bicyclic) bond motifs is 3. The number of ether oxygens (including phenoxy) is 1. The summed E-state index contributed by atoms with van der Waals surface area (Å²) in [4.78, 5) is 0. The van der Waals surface area contributed by atoms with Gasteiger partial charge in [0, 0.05) is 21.3 Å². The molecule has 2 aliphatic rings. The van der Waals surface area contributed by atoms with Gasteiger partial charge in [-0.1, -0.05) is 64.1 Å². The van der Waals surface area contributed by atoms with Crippen molar-refractivity contribution in [3.05, 3.63) is 0 Å². The molecule has 112 valence electrons. The fourth-order valence-corrected chi connectivity index (χ4v) is 6.37. The van der Waals surface area contributed by atoms with Crippen LogP contribution in [0.5, 0.6) is 0 Å². The van der Waals surface area contributed by atoms with Crippen LogP contribution >= 0.6 is 0 Å². The first-order valence-electron chi connectivity index (χ1n) is 8.41. The van der Waals surface area contributed by atoms with Gasteiger partial charge < -0.3 is 12.0 Å². The second-order valence-corrected chi connectivity index (χ2v) is 12.6. The fraction of sp³-hybridized carbons (Fsp3) is 1.00. The van der Waals surface area contributed by atoms with Crippen molar-refractivity contribution in [1.29, 1.82) is 0 Å².